The number of carbonyl (C=O) groups excluding carboxylic acids is 2. The lowest BCUT2D eigenvalue weighted by atomic mass is 10.2. The van der Waals surface area contributed by atoms with Crippen molar-refractivity contribution in [2.45, 2.75) is 0 Å². The van der Waals surface area contributed by atoms with E-state index in [0.717, 1.165) is 32.0 Å². The predicted octanol–water partition coefficient (Wildman–Crippen LogP) is 3.37. The van der Waals surface area contributed by atoms with Gasteiger partial charge >= 0.3 is 5.97 Å². The van der Waals surface area contributed by atoms with Crippen LogP contribution in [-0.2, 0) is 19.1 Å². The van der Waals surface area contributed by atoms with Crippen LogP contribution >= 0.6 is 11.6 Å². The van der Waals surface area contributed by atoms with Crippen molar-refractivity contribution < 1.29 is 19.1 Å². The van der Waals surface area contributed by atoms with Crippen LogP contribution in [0.4, 0.5) is 11.4 Å². The first kappa shape index (κ1) is 19.9. The number of esters is 1. The quantitative estimate of drug-likeness (QED) is 0.594. The van der Waals surface area contributed by atoms with Gasteiger partial charge in [0.15, 0.2) is 6.61 Å². The van der Waals surface area contributed by atoms with Gasteiger partial charge in [-0.3, -0.25) is 4.79 Å². The lowest BCUT2D eigenvalue weighted by molar-refractivity contribution is -0.142. The summed E-state index contributed by atoms with van der Waals surface area (Å²) in [5.41, 5.74) is 2.42. The Balaban J connectivity index is 1.45. The fraction of sp³-hybridized carbons (Fsp3) is 0.238. The zero-order valence-electron chi connectivity index (χ0n) is 15.3. The van der Waals surface area contributed by atoms with Gasteiger partial charge in [0.2, 0.25) is 0 Å². The van der Waals surface area contributed by atoms with Gasteiger partial charge in [-0.05, 0) is 42.0 Å². The summed E-state index contributed by atoms with van der Waals surface area (Å²) in [5, 5.41) is 3.24. The van der Waals surface area contributed by atoms with Crippen LogP contribution < -0.4 is 10.2 Å². The van der Waals surface area contributed by atoms with E-state index < -0.39 is 11.9 Å². The number of hydrogen-bond donors (Lipinski definition) is 1. The number of anilines is 2. The standard InChI is InChI=1S/C21H21ClN2O4/c22-19-4-2-1-3-16(19)5-10-21(26)28-15-20(25)23-17-6-8-18(9-7-17)24-11-13-27-14-12-24/h1-10H,11-15H2,(H,23,25)/b10-5+. The summed E-state index contributed by atoms with van der Waals surface area (Å²) in [6, 6.07) is 14.6. The highest BCUT2D eigenvalue weighted by Crippen LogP contribution is 2.19. The second-order valence-electron chi connectivity index (χ2n) is 6.16. The van der Waals surface area contributed by atoms with Crippen LogP contribution in [0.25, 0.3) is 6.08 Å². The first-order valence-corrected chi connectivity index (χ1v) is 9.31. The number of morpholine rings is 1. The summed E-state index contributed by atoms with van der Waals surface area (Å²) in [4.78, 5) is 26.0. The largest absolute Gasteiger partial charge is 0.452 e. The highest BCUT2D eigenvalue weighted by Gasteiger charge is 2.11. The smallest absolute Gasteiger partial charge is 0.331 e. The van der Waals surface area contributed by atoms with E-state index in [-0.39, 0.29) is 6.61 Å². The molecule has 2 aromatic carbocycles. The summed E-state index contributed by atoms with van der Waals surface area (Å²) >= 11 is 6.01. The third-order valence-electron chi connectivity index (χ3n) is 4.18. The van der Waals surface area contributed by atoms with Crippen molar-refractivity contribution in [3.63, 3.8) is 0 Å². The molecule has 1 aliphatic heterocycles. The molecule has 0 unspecified atom stereocenters. The number of hydrogen-bond acceptors (Lipinski definition) is 5. The van der Waals surface area contributed by atoms with E-state index in [1.165, 1.54) is 6.08 Å². The van der Waals surface area contributed by atoms with Crippen molar-refractivity contribution >= 4 is 40.9 Å². The normalized spacial score (nSPS) is 14.1. The van der Waals surface area contributed by atoms with Crippen molar-refractivity contribution in [2.75, 3.05) is 43.1 Å². The van der Waals surface area contributed by atoms with Crippen molar-refractivity contribution in [2.24, 2.45) is 0 Å². The summed E-state index contributed by atoms with van der Waals surface area (Å²) in [5.74, 6) is -1.02. The molecule has 1 fully saturated rings. The number of nitrogens with one attached hydrogen (secondary N) is 1. The van der Waals surface area contributed by atoms with Crippen LogP contribution in [0, 0.1) is 0 Å². The van der Waals surface area contributed by atoms with E-state index in [4.69, 9.17) is 21.1 Å². The van der Waals surface area contributed by atoms with E-state index in [2.05, 4.69) is 10.2 Å². The predicted molar refractivity (Wildman–Crippen MR) is 110 cm³/mol. The van der Waals surface area contributed by atoms with E-state index in [0.29, 0.717) is 16.3 Å². The van der Waals surface area contributed by atoms with Gasteiger partial charge in [-0.25, -0.2) is 4.79 Å². The van der Waals surface area contributed by atoms with Crippen LogP contribution in [-0.4, -0.2) is 44.8 Å². The Hall–Kier alpha value is -2.83. The molecule has 6 nitrogen and oxygen atoms in total. The molecule has 146 valence electrons. The number of ether oxygens (including phenoxy) is 2. The second-order valence-corrected chi connectivity index (χ2v) is 6.56. The minimum absolute atomic E-state index is 0.364. The molecule has 7 heteroatoms. The molecular formula is C21H21ClN2O4. The molecule has 0 radical (unpaired) electrons. The molecule has 0 saturated carbocycles. The second kappa shape index (κ2) is 9.92. The minimum atomic E-state index is -0.613. The molecule has 0 spiro atoms. The van der Waals surface area contributed by atoms with Crippen LogP contribution in [0.5, 0.6) is 0 Å². The number of benzene rings is 2. The van der Waals surface area contributed by atoms with E-state index >= 15 is 0 Å². The molecule has 28 heavy (non-hydrogen) atoms. The summed E-state index contributed by atoms with van der Waals surface area (Å²) in [6.45, 7) is 2.77. The molecule has 2 aromatic rings. The number of amides is 1. The lowest BCUT2D eigenvalue weighted by Gasteiger charge is -2.28. The van der Waals surface area contributed by atoms with Crippen LogP contribution in [0.1, 0.15) is 5.56 Å². The Kier molecular flexibility index (Phi) is 7.06. The van der Waals surface area contributed by atoms with Gasteiger partial charge in [-0.15, -0.1) is 0 Å². The Morgan fingerprint density at radius 3 is 2.54 bits per heavy atom. The van der Waals surface area contributed by atoms with Crippen LogP contribution in [0.2, 0.25) is 5.02 Å². The van der Waals surface area contributed by atoms with Crippen molar-refractivity contribution in [1.82, 2.24) is 0 Å². The first-order chi connectivity index (χ1) is 13.6. The Bertz CT molecular complexity index is 846. The molecule has 0 atom stereocenters. The zero-order chi connectivity index (χ0) is 19.8. The molecule has 0 aromatic heterocycles. The molecule has 1 aliphatic rings. The summed E-state index contributed by atoms with van der Waals surface area (Å²) < 4.78 is 10.3. The van der Waals surface area contributed by atoms with Crippen LogP contribution in [0.3, 0.4) is 0 Å². The fourth-order valence-corrected chi connectivity index (χ4v) is 2.93. The van der Waals surface area contributed by atoms with E-state index in [9.17, 15) is 9.59 Å². The minimum Gasteiger partial charge on any atom is -0.452 e. The fourth-order valence-electron chi connectivity index (χ4n) is 2.73. The average molecular weight is 401 g/mol. The highest BCUT2D eigenvalue weighted by molar-refractivity contribution is 6.32. The number of rotatable bonds is 6. The Morgan fingerprint density at radius 2 is 1.82 bits per heavy atom. The molecular weight excluding hydrogens is 380 g/mol. The Labute approximate surface area is 168 Å². The van der Waals surface area contributed by atoms with E-state index in [1.54, 1.807) is 24.3 Å². The van der Waals surface area contributed by atoms with Gasteiger partial charge < -0.3 is 19.7 Å². The third kappa shape index (κ3) is 5.84. The third-order valence-corrected chi connectivity index (χ3v) is 4.52. The number of carbonyl (C=O) groups is 2. The van der Waals surface area contributed by atoms with Gasteiger partial charge in [0.25, 0.3) is 5.91 Å². The summed E-state index contributed by atoms with van der Waals surface area (Å²) in [7, 11) is 0. The first-order valence-electron chi connectivity index (χ1n) is 8.94. The molecule has 0 aliphatic carbocycles. The van der Waals surface area contributed by atoms with Gasteiger partial charge in [-0.1, -0.05) is 29.8 Å². The topological polar surface area (TPSA) is 67.9 Å². The Morgan fingerprint density at radius 1 is 1.11 bits per heavy atom. The number of nitrogens with zero attached hydrogens (tertiary/aromatic N) is 1. The summed E-state index contributed by atoms with van der Waals surface area (Å²) in [6.07, 6.45) is 2.79. The average Bonchev–Trinajstić information content (AvgIpc) is 2.73. The molecule has 0 bridgehead atoms. The van der Waals surface area contributed by atoms with Crippen LogP contribution in [0.15, 0.2) is 54.6 Å². The lowest BCUT2D eigenvalue weighted by Crippen LogP contribution is -2.36. The zero-order valence-corrected chi connectivity index (χ0v) is 16.0. The molecule has 1 saturated heterocycles. The monoisotopic (exact) mass is 400 g/mol. The molecule has 1 heterocycles. The van der Waals surface area contributed by atoms with Crippen molar-refractivity contribution in [3.8, 4) is 0 Å². The van der Waals surface area contributed by atoms with Gasteiger partial charge in [0, 0.05) is 35.6 Å². The van der Waals surface area contributed by atoms with Gasteiger partial charge in [0.1, 0.15) is 0 Å². The maximum absolute atomic E-state index is 12.0. The maximum Gasteiger partial charge on any atom is 0.331 e. The molecule has 1 amide bonds. The van der Waals surface area contributed by atoms with Gasteiger partial charge in [0.05, 0.1) is 13.2 Å². The SMILES string of the molecule is O=C(COC(=O)/C=C/c1ccccc1Cl)Nc1ccc(N2CCOCC2)cc1. The molecule has 3 rings (SSSR count). The van der Waals surface area contributed by atoms with E-state index in [1.807, 2.05) is 30.3 Å². The van der Waals surface area contributed by atoms with Crippen molar-refractivity contribution in [1.29, 1.82) is 0 Å². The van der Waals surface area contributed by atoms with Crippen molar-refractivity contribution in [3.05, 3.63) is 65.2 Å². The number of halogens is 1. The maximum atomic E-state index is 12.0. The van der Waals surface area contributed by atoms with Gasteiger partial charge in [-0.2, -0.15) is 0 Å². The highest BCUT2D eigenvalue weighted by atomic mass is 35.5. The molecule has 1 N–H and O–H groups in total.